The summed E-state index contributed by atoms with van der Waals surface area (Å²) in [5, 5.41) is 9.20. The van der Waals surface area contributed by atoms with E-state index in [1.54, 1.807) is 11.1 Å². The van der Waals surface area contributed by atoms with Crippen molar-refractivity contribution in [2.75, 3.05) is 13.2 Å². The van der Waals surface area contributed by atoms with Crippen molar-refractivity contribution in [1.29, 1.82) is 0 Å². The van der Waals surface area contributed by atoms with Gasteiger partial charge in [-0.15, -0.1) is 0 Å². The van der Waals surface area contributed by atoms with Crippen molar-refractivity contribution < 1.29 is 9.90 Å². The highest BCUT2D eigenvalue weighted by molar-refractivity contribution is 5.79. The first-order chi connectivity index (χ1) is 8.22. The maximum atomic E-state index is 12.1. The molecular formula is C13H18N2O2. The summed E-state index contributed by atoms with van der Waals surface area (Å²) in [6.45, 7) is 2.78. The number of likely N-dealkylation sites (tertiary alicyclic amines) is 1. The Balaban J connectivity index is 2.04. The highest BCUT2D eigenvalue weighted by Crippen LogP contribution is 2.18. The van der Waals surface area contributed by atoms with Gasteiger partial charge in [-0.1, -0.05) is 6.07 Å². The molecule has 0 aromatic carbocycles. The van der Waals surface area contributed by atoms with E-state index in [2.05, 4.69) is 4.98 Å². The van der Waals surface area contributed by atoms with Gasteiger partial charge in [0.15, 0.2) is 0 Å². The molecule has 1 aliphatic heterocycles. The minimum atomic E-state index is 0.00604. The van der Waals surface area contributed by atoms with Gasteiger partial charge in [-0.3, -0.25) is 9.78 Å². The van der Waals surface area contributed by atoms with E-state index in [4.69, 9.17) is 0 Å². The van der Waals surface area contributed by atoms with Crippen molar-refractivity contribution in [3.63, 3.8) is 0 Å². The number of nitrogens with zero attached hydrogens (tertiary/aromatic N) is 2. The molecule has 1 unspecified atom stereocenters. The predicted molar refractivity (Wildman–Crippen MR) is 64.5 cm³/mol. The van der Waals surface area contributed by atoms with Gasteiger partial charge >= 0.3 is 0 Å². The molecule has 17 heavy (non-hydrogen) atoms. The van der Waals surface area contributed by atoms with Crippen LogP contribution in [0.5, 0.6) is 0 Å². The Hall–Kier alpha value is -1.42. The molecule has 1 saturated heterocycles. The van der Waals surface area contributed by atoms with E-state index >= 15 is 0 Å². The molecule has 4 heteroatoms. The zero-order chi connectivity index (χ0) is 12.3. The van der Waals surface area contributed by atoms with Gasteiger partial charge < -0.3 is 10.0 Å². The van der Waals surface area contributed by atoms with E-state index in [0.717, 1.165) is 30.6 Å². The number of hydrogen-bond donors (Lipinski definition) is 1. The number of hydrogen-bond acceptors (Lipinski definition) is 3. The van der Waals surface area contributed by atoms with Gasteiger partial charge in [0, 0.05) is 12.7 Å². The van der Waals surface area contributed by atoms with Gasteiger partial charge in [-0.2, -0.15) is 0 Å². The lowest BCUT2D eigenvalue weighted by molar-refractivity contribution is -0.132. The molecule has 1 fully saturated rings. The number of amides is 1. The molecule has 1 N–H and O–H groups in total. The van der Waals surface area contributed by atoms with Crippen LogP contribution >= 0.6 is 0 Å². The first-order valence-electron chi connectivity index (χ1n) is 6.03. The van der Waals surface area contributed by atoms with Gasteiger partial charge in [0.2, 0.25) is 5.91 Å². The first kappa shape index (κ1) is 12.0. The molecule has 2 heterocycles. The fourth-order valence-corrected chi connectivity index (χ4v) is 2.30. The fraction of sp³-hybridized carbons (Fsp3) is 0.538. The summed E-state index contributed by atoms with van der Waals surface area (Å²) in [6, 6.07) is 3.84. The van der Waals surface area contributed by atoms with Crippen LogP contribution in [0, 0.1) is 6.92 Å². The number of aromatic nitrogens is 1. The third-order valence-corrected chi connectivity index (χ3v) is 3.34. The number of aliphatic hydroxyl groups is 1. The molecule has 4 nitrogen and oxygen atoms in total. The van der Waals surface area contributed by atoms with Crippen molar-refractivity contribution in [3.05, 3.63) is 29.6 Å². The van der Waals surface area contributed by atoms with Gasteiger partial charge in [0.1, 0.15) is 0 Å². The van der Waals surface area contributed by atoms with Crippen LogP contribution in [0.2, 0.25) is 0 Å². The average Bonchev–Trinajstić information content (AvgIpc) is 2.80. The number of carbonyl (C=O) groups excluding carboxylic acids is 1. The van der Waals surface area contributed by atoms with Crippen LogP contribution in [-0.4, -0.2) is 40.1 Å². The van der Waals surface area contributed by atoms with Crippen molar-refractivity contribution in [2.45, 2.75) is 32.2 Å². The monoisotopic (exact) mass is 234 g/mol. The van der Waals surface area contributed by atoms with E-state index in [-0.39, 0.29) is 18.6 Å². The summed E-state index contributed by atoms with van der Waals surface area (Å²) in [6.07, 6.45) is 3.94. The first-order valence-corrected chi connectivity index (χ1v) is 6.03. The maximum Gasteiger partial charge on any atom is 0.228 e. The van der Waals surface area contributed by atoms with Gasteiger partial charge in [-0.25, -0.2) is 0 Å². The van der Waals surface area contributed by atoms with Crippen LogP contribution in [-0.2, 0) is 11.2 Å². The summed E-state index contributed by atoms with van der Waals surface area (Å²) in [5.74, 6) is 0.0725. The number of carbonyl (C=O) groups is 1. The minimum Gasteiger partial charge on any atom is -0.394 e. The normalized spacial score (nSPS) is 19.6. The average molecular weight is 234 g/mol. The Morgan fingerprint density at radius 1 is 1.65 bits per heavy atom. The van der Waals surface area contributed by atoms with E-state index in [0.29, 0.717) is 6.42 Å². The molecule has 1 aromatic rings. The highest BCUT2D eigenvalue weighted by Gasteiger charge is 2.28. The number of aryl methyl sites for hydroxylation is 1. The smallest absolute Gasteiger partial charge is 0.228 e. The molecule has 0 bridgehead atoms. The SMILES string of the molecule is Cc1cccnc1CC(=O)N1CCCC1CO. The van der Waals surface area contributed by atoms with Crippen molar-refractivity contribution >= 4 is 5.91 Å². The Morgan fingerprint density at radius 2 is 2.47 bits per heavy atom. The minimum absolute atomic E-state index is 0.00604. The molecule has 2 rings (SSSR count). The molecule has 0 radical (unpaired) electrons. The topological polar surface area (TPSA) is 53.4 Å². The van der Waals surface area contributed by atoms with Crippen LogP contribution in [0.15, 0.2) is 18.3 Å². The van der Waals surface area contributed by atoms with E-state index < -0.39 is 0 Å². The van der Waals surface area contributed by atoms with Crippen LogP contribution in [0.4, 0.5) is 0 Å². The summed E-state index contributed by atoms with van der Waals surface area (Å²) in [4.78, 5) is 18.1. The molecule has 1 aromatic heterocycles. The molecule has 1 aliphatic rings. The van der Waals surface area contributed by atoms with Gasteiger partial charge in [0.05, 0.1) is 24.8 Å². The summed E-state index contributed by atoms with van der Waals surface area (Å²) in [7, 11) is 0. The van der Waals surface area contributed by atoms with Gasteiger partial charge in [-0.05, 0) is 31.4 Å². The zero-order valence-electron chi connectivity index (χ0n) is 10.1. The van der Waals surface area contributed by atoms with Crippen LogP contribution < -0.4 is 0 Å². The quantitative estimate of drug-likeness (QED) is 0.846. The lowest BCUT2D eigenvalue weighted by atomic mass is 10.1. The van der Waals surface area contributed by atoms with Crippen molar-refractivity contribution in [1.82, 2.24) is 9.88 Å². The third kappa shape index (κ3) is 2.64. The molecule has 1 amide bonds. The second kappa shape index (κ2) is 5.27. The van der Waals surface area contributed by atoms with Crippen LogP contribution in [0.1, 0.15) is 24.1 Å². The van der Waals surface area contributed by atoms with Gasteiger partial charge in [0.25, 0.3) is 0 Å². The lowest BCUT2D eigenvalue weighted by Gasteiger charge is -2.23. The van der Waals surface area contributed by atoms with E-state index in [1.165, 1.54) is 0 Å². The number of pyridine rings is 1. The Bertz CT molecular complexity index is 406. The van der Waals surface area contributed by atoms with E-state index in [9.17, 15) is 9.90 Å². The summed E-state index contributed by atoms with van der Waals surface area (Å²) < 4.78 is 0. The largest absolute Gasteiger partial charge is 0.394 e. The van der Waals surface area contributed by atoms with Crippen molar-refractivity contribution in [3.8, 4) is 0 Å². The maximum absolute atomic E-state index is 12.1. The number of rotatable bonds is 3. The highest BCUT2D eigenvalue weighted by atomic mass is 16.3. The Labute approximate surface area is 101 Å². The summed E-state index contributed by atoms with van der Waals surface area (Å²) >= 11 is 0. The zero-order valence-corrected chi connectivity index (χ0v) is 10.1. The fourth-order valence-electron chi connectivity index (χ4n) is 2.30. The third-order valence-electron chi connectivity index (χ3n) is 3.34. The second-order valence-electron chi connectivity index (χ2n) is 4.51. The lowest BCUT2D eigenvalue weighted by Crippen LogP contribution is -2.38. The molecule has 0 spiro atoms. The number of aliphatic hydroxyl groups excluding tert-OH is 1. The predicted octanol–water partition coefficient (Wildman–Crippen LogP) is 0.916. The Morgan fingerprint density at radius 3 is 3.18 bits per heavy atom. The molecule has 1 atom stereocenters. The molecule has 0 saturated carbocycles. The van der Waals surface area contributed by atoms with Crippen molar-refractivity contribution in [2.24, 2.45) is 0 Å². The molecule has 0 aliphatic carbocycles. The van der Waals surface area contributed by atoms with Crippen LogP contribution in [0.3, 0.4) is 0 Å². The molecular weight excluding hydrogens is 216 g/mol. The standard InChI is InChI=1S/C13H18N2O2/c1-10-4-2-6-14-12(10)8-13(17)15-7-3-5-11(15)9-16/h2,4,6,11,16H,3,5,7-9H2,1H3. The van der Waals surface area contributed by atoms with Crippen LogP contribution in [0.25, 0.3) is 0 Å². The summed E-state index contributed by atoms with van der Waals surface area (Å²) in [5.41, 5.74) is 1.88. The van der Waals surface area contributed by atoms with E-state index in [1.807, 2.05) is 19.1 Å². The second-order valence-corrected chi connectivity index (χ2v) is 4.51. The molecule has 92 valence electrons. The Kier molecular flexibility index (Phi) is 3.74.